The van der Waals surface area contributed by atoms with Gasteiger partial charge >= 0.3 is 5.97 Å². The zero-order chi connectivity index (χ0) is 16.6. The second-order valence-corrected chi connectivity index (χ2v) is 6.36. The second kappa shape index (κ2) is 8.51. The number of ether oxygens (including phenoxy) is 1. The number of nitriles is 1. The van der Waals surface area contributed by atoms with E-state index in [1.807, 2.05) is 13.0 Å². The molecular formula is C15H20N2O4S. The van der Waals surface area contributed by atoms with Crippen LogP contribution in [0.3, 0.4) is 0 Å². The number of benzene rings is 1. The highest BCUT2D eigenvalue weighted by molar-refractivity contribution is 7.89. The highest BCUT2D eigenvalue weighted by atomic mass is 32.2. The summed E-state index contributed by atoms with van der Waals surface area (Å²) < 4.78 is 32.1. The molecule has 0 aromatic heterocycles. The Labute approximate surface area is 131 Å². The van der Waals surface area contributed by atoms with Crippen LogP contribution in [0.25, 0.3) is 0 Å². The Hall–Kier alpha value is -1.91. The van der Waals surface area contributed by atoms with Gasteiger partial charge < -0.3 is 4.74 Å². The van der Waals surface area contributed by atoms with Crippen LogP contribution in [0.15, 0.2) is 29.2 Å². The maximum Gasteiger partial charge on any atom is 0.324 e. The van der Waals surface area contributed by atoms with Gasteiger partial charge in [-0.15, -0.1) is 0 Å². The predicted molar refractivity (Wildman–Crippen MR) is 81.4 cm³/mol. The normalized spacial score (nSPS) is 12.4. The molecule has 1 rings (SSSR count). The van der Waals surface area contributed by atoms with Crippen LogP contribution in [0, 0.1) is 11.3 Å². The molecule has 0 amide bonds. The van der Waals surface area contributed by atoms with Crippen LogP contribution in [0.4, 0.5) is 0 Å². The summed E-state index contributed by atoms with van der Waals surface area (Å²) in [6.45, 7) is 3.79. The van der Waals surface area contributed by atoms with Crippen LogP contribution >= 0.6 is 0 Å². The van der Waals surface area contributed by atoms with Crippen LogP contribution in [0.1, 0.15) is 38.7 Å². The largest absolute Gasteiger partial charge is 0.465 e. The summed E-state index contributed by atoms with van der Waals surface area (Å²) in [4.78, 5) is 11.8. The summed E-state index contributed by atoms with van der Waals surface area (Å²) in [7, 11) is -3.97. The molecule has 0 heterocycles. The maximum atomic E-state index is 12.4. The molecule has 1 unspecified atom stereocenters. The number of rotatable bonds is 8. The van der Waals surface area contributed by atoms with Crippen molar-refractivity contribution in [2.75, 3.05) is 6.61 Å². The van der Waals surface area contributed by atoms with Gasteiger partial charge in [-0.3, -0.25) is 4.79 Å². The fraction of sp³-hybridized carbons (Fsp3) is 0.467. The number of nitrogens with one attached hydrogen (secondary N) is 1. The molecule has 1 atom stereocenters. The fourth-order valence-electron chi connectivity index (χ4n) is 1.92. The van der Waals surface area contributed by atoms with Gasteiger partial charge in [-0.25, -0.2) is 8.42 Å². The second-order valence-electron chi connectivity index (χ2n) is 4.68. The molecule has 0 aliphatic rings. The van der Waals surface area contributed by atoms with Crippen LogP contribution in [0.5, 0.6) is 0 Å². The van der Waals surface area contributed by atoms with E-state index in [2.05, 4.69) is 4.72 Å². The summed E-state index contributed by atoms with van der Waals surface area (Å²) in [5, 5.41) is 9.02. The fourth-order valence-corrected chi connectivity index (χ4v) is 3.30. The zero-order valence-corrected chi connectivity index (χ0v) is 13.5. The molecule has 120 valence electrons. The Balaban J connectivity index is 3.04. The Bertz CT molecular complexity index is 650. The molecule has 0 aliphatic carbocycles. The molecule has 0 spiro atoms. The molecule has 0 aliphatic heterocycles. The van der Waals surface area contributed by atoms with Gasteiger partial charge in [0.15, 0.2) is 0 Å². The molecule has 1 aromatic rings. The van der Waals surface area contributed by atoms with E-state index in [0.29, 0.717) is 12.8 Å². The molecule has 7 heteroatoms. The van der Waals surface area contributed by atoms with E-state index < -0.39 is 22.0 Å². The Morgan fingerprint density at radius 3 is 2.64 bits per heavy atom. The number of sulfonamides is 1. The first-order valence-corrected chi connectivity index (χ1v) is 8.62. The lowest BCUT2D eigenvalue weighted by atomic mass is 10.1. The Morgan fingerprint density at radius 1 is 1.36 bits per heavy atom. The lowest BCUT2D eigenvalue weighted by molar-refractivity contribution is -0.145. The summed E-state index contributed by atoms with van der Waals surface area (Å²) in [6, 6.07) is 6.75. The van der Waals surface area contributed by atoms with Gasteiger partial charge in [0, 0.05) is 0 Å². The number of hydrogen-bond donors (Lipinski definition) is 1. The topological polar surface area (TPSA) is 96.3 Å². The van der Waals surface area contributed by atoms with Crippen LogP contribution < -0.4 is 4.72 Å². The van der Waals surface area contributed by atoms with E-state index >= 15 is 0 Å². The standard InChI is InChI=1S/C15H20N2O4S/c1-3-5-9-13(15(18)21-4-2)17-22(19,20)14-10-7-6-8-12(14)11-16/h6-8,10,13,17H,3-5,9H2,1-2H3. The Kier molecular flexibility index (Phi) is 7.02. The first-order valence-electron chi connectivity index (χ1n) is 7.14. The minimum atomic E-state index is -3.97. The molecule has 1 aromatic carbocycles. The molecular weight excluding hydrogens is 304 g/mol. The van der Waals surface area contributed by atoms with E-state index in [1.165, 1.54) is 18.2 Å². The first-order chi connectivity index (χ1) is 10.5. The smallest absolute Gasteiger partial charge is 0.324 e. The lowest BCUT2D eigenvalue weighted by Gasteiger charge is -2.17. The molecule has 0 saturated carbocycles. The minimum absolute atomic E-state index is 0.0353. The van der Waals surface area contributed by atoms with E-state index in [0.717, 1.165) is 6.42 Å². The molecule has 0 saturated heterocycles. The van der Waals surface area contributed by atoms with Gasteiger partial charge in [0.05, 0.1) is 17.1 Å². The molecule has 22 heavy (non-hydrogen) atoms. The van der Waals surface area contributed by atoms with Crippen LogP contribution in [0.2, 0.25) is 0 Å². The van der Waals surface area contributed by atoms with Crippen molar-refractivity contribution in [3.8, 4) is 6.07 Å². The SMILES string of the molecule is CCCCC(NS(=O)(=O)c1ccccc1C#N)C(=O)OCC. The van der Waals surface area contributed by atoms with Crippen LogP contribution in [-0.2, 0) is 19.6 Å². The average Bonchev–Trinajstić information content (AvgIpc) is 2.51. The monoisotopic (exact) mass is 324 g/mol. The zero-order valence-electron chi connectivity index (χ0n) is 12.7. The number of hydrogen-bond acceptors (Lipinski definition) is 5. The first kappa shape index (κ1) is 18.1. The summed E-state index contributed by atoms with van der Waals surface area (Å²) in [5.74, 6) is -0.603. The van der Waals surface area contributed by atoms with E-state index in [9.17, 15) is 13.2 Å². The van der Waals surface area contributed by atoms with Gasteiger partial charge in [-0.1, -0.05) is 31.9 Å². The summed E-state index contributed by atoms with van der Waals surface area (Å²) in [6.07, 6.45) is 1.86. The molecule has 1 N–H and O–H groups in total. The number of unbranched alkanes of at least 4 members (excludes halogenated alkanes) is 1. The molecule has 6 nitrogen and oxygen atoms in total. The lowest BCUT2D eigenvalue weighted by Crippen LogP contribution is -2.42. The molecule has 0 radical (unpaired) electrons. The van der Waals surface area contributed by atoms with Crippen molar-refractivity contribution in [3.63, 3.8) is 0 Å². The van der Waals surface area contributed by atoms with Gasteiger partial charge in [-0.05, 0) is 25.5 Å². The number of nitrogens with zero attached hydrogens (tertiary/aromatic N) is 1. The quantitative estimate of drug-likeness (QED) is 0.737. The van der Waals surface area contributed by atoms with E-state index in [1.54, 1.807) is 13.0 Å². The van der Waals surface area contributed by atoms with Crippen molar-refractivity contribution < 1.29 is 17.9 Å². The minimum Gasteiger partial charge on any atom is -0.465 e. The number of carbonyl (C=O) groups is 1. The van der Waals surface area contributed by atoms with E-state index in [4.69, 9.17) is 10.00 Å². The highest BCUT2D eigenvalue weighted by Crippen LogP contribution is 2.16. The average molecular weight is 324 g/mol. The number of carbonyl (C=O) groups excluding carboxylic acids is 1. The van der Waals surface area contributed by atoms with Gasteiger partial charge in [-0.2, -0.15) is 9.98 Å². The molecule has 0 bridgehead atoms. The van der Waals surface area contributed by atoms with Crippen molar-refractivity contribution in [2.45, 2.75) is 44.0 Å². The maximum absolute atomic E-state index is 12.4. The summed E-state index contributed by atoms with van der Waals surface area (Å²) in [5.41, 5.74) is 0.0353. The highest BCUT2D eigenvalue weighted by Gasteiger charge is 2.27. The van der Waals surface area contributed by atoms with Gasteiger partial charge in [0.1, 0.15) is 12.1 Å². The number of esters is 1. The van der Waals surface area contributed by atoms with Crippen molar-refractivity contribution in [1.82, 2.24) is 4.72 Å². The van der Waals surface area contributed by atoms with Crippen molar-refractivity contribution >= 4 is 16.0 Å². The Morgan fingerprint density at radius 2 is 2.05 bits per heavy atom. The third-order valence-corrected chi connectivity index (χ3v) is 4.54. The molecule has 0 fully saturated rings. The van der Waals surface area contributed by atoms with Crippen molar-refractivity contribution in [1.29, 1.82) is 5.26 Å². The summed E-state index contributed by atoms with van der Waals surface area (Å²) >= 11 is 0. The third-order valence-electron chi connectivity index (χ3n) is 3.01. The predicted octanol–water partition coefficient (Wildman–Crippen LogP) is 1.96. The van der Waals surface area contributed by atoms with Crippen molar-refractivity contribution in [2.24, 2.45) is 0 Å². The van der Waals surface area contributed by atoms with E-state index in [-0.39, 0.29) is 17.1 Å². The third kappa shape index (κ3) is 4.83. The van der Waals surface area contributed by atoms with Crippen molar-refractivity contribution in [3.05, 3.63) is 29.8 Å². The van der Waals surface area contributed by atoms with Crippen LogP contribution in [-0.4, -0.2) is 27.0 Å². The van der Waals surface area contributed by atoms with Gasteiger partial charge in [0.25, 0.3) is 0 Å². The van der Waals surface area contributed by atoms with Gasteiger partial charge in [0.2, 0.25) is 10.0 Å².